The van der Waals surface area contributed by atoms with Gasteiger partial charge < -0.3 is 10.2 Å². The van der Waals surface area contributed by atoms with E-state index in [1.165, 1.54) is 18.3 Å². The molecule has 0 bridgehead atoms. The average Bonchev–Trinajstić information content (AvgIpc) is 2.46. The Morgan fingerprint density at radius 1 is 1.42 bits per heavy atom. The highest BCUT2D eigenvalue weighted by molar-refractivity contribution is 7.89. The van der Waals surface area contributed by atoms with Gasteiger partial charge in [-0.3, -0.25) is 0 Å². The first-order valence-electron chi connectivity index (χ1n) is 6.16. The Bertz CT molecular complexity index is 497. The third kappa shape index (κ3) is 3.87. The number of hydrazine groups is 1. The second-order valence-electron chi connectivity index (χ2n) is 4.36. The van der Waals surface area contributed by atoms with E-state index in [1.54, 1.807) is 0 Å². The maximum absolute atomic E-state index is 12.0. The number of nitrogens with zero attached hydrogens (tertiary/aromatic N) is 1. The number of anilines is 1. The van der Waals surface area contributed by atoms with Crippen LogP contribution >= 0.6 is 0 Å². The molecule has 0 saturated carbocycles. The fraction of sp³-hybridized carbons (Fsp3) is 0.545. The van der Waals surface area contributed by atoms with Crippen molar-refractivity contribution in [2.75, 3.05) is 18.6 Å². The highest BCUT2D eigenvalue weighted by Gasteiger charge is 2.19. The van der Waals surface area contributed by atoms with Crippen molar-refractivity contribution >= 4 is 15.8 Å². The van der Waals surface area contributed by atoms with Crippen LogP contribution in [0.2, 0.25) is 0 Å². The van der Waals surface area contributed by atoms with Crippen LogP contribution in [-0.4, -0.2) is 32.7 Å². The van der Waals surface area contributed by atoms with Crippen LogP contribution in [0, 0.1) is 0 Å². The minimum absolute atomic E-state index is 0.0403. The molecule has 19 heavy (non-hydrogen) atoms. The number of ether oxygens (including phenoxy) is 1. The molecule has 0 amide bonds. The predicted octanol–water partition coefficient (Wildman–Crippen LogP) is 0.215. The van der Waals surface area contributed by atoms with Crippen molar-refractivity contribution in [1.82, 2.24) is 9.71 Å². The van der Waals surface area contributed by atoms with E-state index >= 15 is 0 Å². The van der Waals surface area contributed by atoms with Crippen LogP contribution in [-0.2, 0) is 14.8 Å². The van der Waals surface area contributed by atoms with Crippen molar-refractivity contribution in [1.29, 1.82) is 0 Å². The van der Waals surface area contributed by atoms with Crippen LogP contribution in [0.5, 0.6) is 0 Å². The normalized spacial score (nSPS) is 20.2. The smallest absolute Gasteiger partial charge is 0.242 e. The van der Waals surface area contributed by atoms with Crippen molar-refractivity contribution in [3.05, 3.63) is 18.3 Å². The van der Waals surface area contributed by atoms with Gasteiger partial charge in [-0.05, 0) is 31.4 Å². The molecule has 0 aromatic carbocycles. The molecule has 2 rings (SSSR count). The van der Waals surface area contributed by atoms with Gasteiger partial charge in [0.2, 0.25) is 10.0 Å². The zero-order valence-corrected chi connectivity index (χ0v) is 11.3. The van der Waals surface area contributed by atoms with Gasteiger partial charge in [0.15, 0.2) is 0 Å². The van der Waals surface area contributed by atoms with Crippen molar-refractivity contribution in [3.63, 3.8) is 0 Å². The summed E-state index contributed by atoms with van der Waals surface area (Å²) in [6.45, 7) is 0.990. The molecule has 106 valence electrons. The SMILES string of the molecule is NNc1ccc(S(=O)(=O)NCC2CCCCO2)cn1. The number of rotatable bonds is 5. The first kappa shape index (κ1) is 14.2. The van der Waals surface area contributed by atoms with Gasteiger partial charge in [0.25, 0.3) is 0 Å². The molecule has 1 saturated heterocycles. The molecule has 7 nitrogen and oxygen atoms in total. The molecule has 1 aromatic heterocycles. The lowest BCUT2D eigenvalue weighted by molar-refractivity contribution is 0.0200. The van der Waals surface area contributed by atoms with Crippen LogP contribution in [0.4, 0.5) is 5.82 Å². The number of hydrogen-bond acceptors (Lipinski definition) is 6. The second-order valence-corrected chi connectivity index (χ2v) is 6.13. The second kappa shape index (κ2) is 6.29. The van der Waals surface area contributed by atoms with E-state index in [2.05, 4.69) is 15.1 Å². The number of pyridine rings is 1. The molecule has 0 aliphatic carbocycles. The molecule has 8 heteroatoms. The summed E-state index contributed by atoms with van der Waals surface area (Å²) >= 11 is 0. The zero-order chi connectivity index (χ0) is 13.7. The van der Waals surface area contributed by atoms with E-state index in [4.69, 9.17) is 10.6 Å². The van der Waals surface area contributed by atoms with Gasteiger partial charge in [0, 0.05) is 19.3 Å². The largest absolute Gasteiger partial charge is 0.377 e. The zero-order valence-electron chi connectivity index (χ0n) is 10.5. The monoisotopic (exact) mass is 286 g/mol. The molecule has 1 unspecified atom stereocenters. The van der Waals surface area contributed by atoms with Crippen LogP contribution in [0.1, 0.15) is 19.3 Å². The highest BCUT2D eigenvalue weighted by Crippen LogP contribution is 2.14. The lowest BCUT2D eigenvalue weighted by atomic mass is 10.1. The van der Waals surface area contributed by atoms with Crippen molar-refractivity contribution in [2.24, 2.45) is 5.84 Å². The van der Waals surface area contributed by atoms with Gasteiger partial charge >= 0.3 is 0 Å². The number of nitrogen functional groups attached to an aromatic ring is 1. The Labute approximate surface area is 112 Å². The number of aromatic nitrogens is 1. The highest BCUT2D eigenvalue weighted by atomic mass is 32.2. The van der Waals surface area contributed by atoms with Gasteiger partial charge in [-0.15, -0.1) is 0 Å². The van der Waals surface area contributed by atoms with Gasteiger partial charge in [0.1, 0.15) is 10.7 Å². The lowest BCUT2D eigenvalue weighted by Crippen LogP contribution is -2.35. The Morgan fingerprint density at radius 2 is 2.26 bits per heavy atom. The molecular weight excluding hydrogens is 268 g/mol. The summed E-state index contributed by atoms with van der Waals surface area (Å²) < 4.78 is 32.0. The summed E-state index contributed by atoms with van der Waals surface area (Å²) in [6.07, 6.45) is 4.23. The fourth-order valence-corrected chi connectivity index (χ4v) is 2.89. The quantitative estimate of drug-likeness (QED) is 0.528. The van der Waals surface area contributed by atoms with E-state index in [9.17, 15) is 8.42 Å². The van der Waals surface area contributed by atoms with Crippen LogP contribution in [0.25, 0.3) is 0 Å². The maximum atomic E-state index is 12.0. The third-order valence-corrected chi connectivity index (χ3v) is 4.38. The summed E-state index contributed by atoms with van der Waals surface area (Å²) in [4.78, 5) is 3.98. The molecule has 4 N–H and O–H groups in total. The van der Waals surface area contributed by atoms with Crippen LogP contribution in [0.3, 0.4) is 0 Å². The van der Waals surface area contributed by atoms with E-state index in [1.807, 2.05) is 0 Å². The summed E-state index contributed by atoms with van der Waals surface area (Å²) in [5, 5.41) is 0. The molecule has 1 fully saturated rings. The minimum atomic E-state index is -3.55. The lowest BCUT2D eigenvalue weighted by Gasteiger charge is -2.22. The Hall–Kier alpha value is -1.22. The maximum Gasteiger partial charge on any atom is 0.242 e. The van der Waals surface area contributed by atoms with E-state index in [0.29, 0.717) is 19.0 Å². The van der Waals surface area contributed by atoms with E-state index in [0.717, 1.165) is 19.3 Å². The topological polar surface area (TPSA) is 106 Å². The summed E-state index contributed by atoms with van der Waals surface area (Å²) in [7, 11) is -3.55. The number of nitrogens with one attached hydrogen (secondary N) is 2. The minimum Gasteiger partial charge on any atom is -0.377 e. The summed E-state index contributed by atoms with van der Waals surface area (Å²) in [6, 6.07) is 2.96. The standard InChI is InChI=1S/C11H18N4O3S/c12-15-11-5-4-10(8-13-11)19(16,17)14-7-9-3-1-2-6-18-9/h4-5,8-9,14H,1-3,6-7,12H2,(H,13,15). The number of nitrogens with two attached hydrogens (primary N) is 1. The Balaban J connectivity index is 1.96. The van der Waals surface area contributed by atoms with E-state index in [-0.39, 0.29) is 11.0 Å². The number of sulfonamides is 1. The number of hydrogen-bond donors (Lipinski definition) is 3. The molecule has 2 heterocycles. The Kier molecular flexibility index (Phi) is 4.70. The van der Waals surface area contributed by atoms with Crippen molar-refractivity contribution < 1.29 is 13.2 Å². The average molecular weight is 286 g/mol. The van der Waals surface area contributed by atoms with Crippen molar-refractivity contribution in [3.8, 4) is 0 Å². The molecule has 0 radical (unpaired) electrons. The van der Waals surface area contributed by atoms with E-state index < -0.39 is 10.0 Å². The molecule has 0 spiro atoms. The first-order chi connectivity index (χ1) is 9.12. The molecule has 1 aliphatic heterocycles. The molecule has 1 atom stereocenters. The summed E-state index contributed by atoms with van der Waals surface area (Å²) in [5.74, 6) is 5.58. The van der Waals surface area contributed by atoms with Crippen LogP contribution in [0.15, 0.2) is 23.2 Å². The predicted molar refractivity (Wildman–Crippen MR) is 70.8 cm³/mol. The molecular formula is C11H18N4O3S. The van der Waals surface area contributed by atoms with Crippen molar-refractivity contribution in [2.45, 2.75) is 30.3 Å². The van der Waals surface area contributed by atoms with Gasteiger partial charge in [-0.2, -0.15) is 0 Å². The Morgan fingerprint density at radius 3 is 2.84 bits per heavy atom. The van der Waals surface area contributed by atoms with Crippen LogP contribution < -0.4 is 16.0 Å². The molecule has 1 aromatic rings. The van der Waals surface area contributed by atoms with Gasteiger partial charge in [-0.1, -0.05) is 0 Å². The molecule has 1 aliphatic rings. The fourth-order valence-electron chi connectivity index (χ4n) is 1.88. The third-order valence-electron chi connectivity index (χ3n) is 2.97. The van der Waals surface area contributed by atoms with Gasteiger partial charge in [0.05, 0.1) is 6.10 Å². The van der Waals surface area contributed by atoms with Gasteiger partial charge in [-0.25, -0.2) is 24.0 Å². The summed E-state index contributed by atoms with van der Waals surface area (Å²) in [5.41, 5.74) is 2.34. The first-order valence-corrected chi connectivity index (χ1v) is 7.64.